The molecule has 68 valence electrons. The average molecular weight is 194 g/mol. The Morgan fingerprint density at radius 3 is 2.77 bits per heavy atom. The number of carbonyl (C=O) groups is 1. The zero-order chi connectivity index (χ0) is 9.90. The molecule has 1 rings (SSSR count). The highest BCUT2D eigenvalue weighted by Crippen LogP contribution is 2.26. The molecule has 0 saturated carbocycles. The highest BCUT2D eigenvalue weighted by atomic mass is 32.1. The van der Waals surface area contributed by atoms with Gasteiger partial charge in [0.05, 0.1) is 4.88 Å². The Hall–Kier alpha value is -1.27. The van der Waals surface area contributed by atoms with Crippen molar-refractivity contribution in [2.75, 3.05) is 0 Å². The minimum Gasteiger partial charge on any atom is -0.466 e. The summed E-state index contributed by atoms with van der Waals surface area (Å²) < 4.78 is 5.46. The monoisotopic (exact) mass is 194 g/mol. The summed E-state index contributed by atoms with van der Waals surface area (Å²) >= 11 is 1.29. The van der Waals surface area contributed by atoms with Gasteiger partial charge in [-0.15, -0.1) is 6.42 Å². The maximum absolute atomic E-state index is 10.4. The lowest BCUT2D eigenvalue weighted by Crippen LogP contribution is -2.24. The van der Waals surface area contributed by atoms with E-state index in [1.807, 2.05) is 0 Å². The normalized spacial score (nSPS) is 10.5. The predicted molar refractivity (Wildman–Crippen MR) is 53.2 cm³/mol. The van der Waals surface area contributed by atoms with Crippen molar-refractivity contribution in [3.05, 3.63) is 17.0 Å². The molecule has 1 aromatic heterocycles. The molecule has 3 heteroatoms. The van der Waals surface area contributed by atoms with Gasteiger partial charge in [0.25, 0.3) is 0 Å². The molecular formula is C10H10O2S. The quantitative estimate of drug-likeness (QED) is 0.545. The molecule has 0 aliphatic carbocycles. The van der Waals surface area contributed by atoms with Gasteiger partial charge in [-0.25, -0.2) is 0 Å². The molecule has 1 heterocycles. The first-order valence-electron chi connectivity index (χ1n) is 3.79. The van der Waals surface area contributed by atoms with Crippen molar-refractivity contribution in [1.29, 1.82) is 0 Å². The highest BCUT2D eigenvalue weighted by molar-refractivity contribution is 7.15. The third-order valence-corrected chi connectivity index (χ3v) is 2.31. The van der Waals surface area contributed by atoms with E-state index in [4.69, 9.17) is 11.2 Å². The van der Waals surface area contributed by atoms with Crippen LogP contribution in [-0.4, -0.2) is 11.9 Å². The van der Waals surface area contributed by atoms with E-state index in [9.17, 15) is 4.79 Å². The van der Waals surface area contributed by atoms with Crippen LogP contribution in [0.15, 0.2) is 12.1 Å². The van der Waals surface area contributed by atoms with Gasteiger partial charge in [-0.2, -0.15) is 0 Å². The number of hydrogen-bond donors (Lipinski definition) is 0. The van der Waals surface area contributed by atoms with Gasteiger partial charge >= 0.3 is 0 Å². The molecule has 0 aromatic carbocycles. The second kappa shape index (κ2) is 3.63. The predicted octanol–water partition coefficient (Wildman–Crippen LogP) is 2.35. The molecular weight excluding hydrogens is 184 g/mol. The second-order valence-corrected chi connectivity index (χ2v) is 4.11. The molecule has 0 bridgehead atoms. The van der Waals surface area contributed by atoms with Crippen LogP contribution in [0.5, 0.6) is 5.06 Å². The number of aldehydes is 1. The van der Waals surface area contributed by atoms with E-state index >= 15 is 0 Å². The van der Waals surface area contributed by atoms with Gasteiger partial charge in [-0.05, 0) is 26.0 Å². The lowest BCUT2D eigenvalue weighted by Gasteiger charge is -2.18. The fourth-order valence-corrected chi connectivity index (χ4v) is 1.54. The van der Waals surface area contributed by atoms with Crippen LogP contribution in [0.1, 0.15) is 23.5 Å². The molecule has 0 aliphatic rings. The Morgan fingerprint density at radius 1 is 1.62 bits per heavy atom. The van der Waals surface area contributed by atoms with Crippen LogP contribution < -0.4 is 4.74 Å². The third kappa shape index (κ3) is 2.60. The fourth-order valence-electron chi connectivity index (χ4n) is 0.734. The standard InChI is InChI=1S/C10H10O2S/c1-4-10(2,3)12-9-6-5-8(7-11)13-9/h1,5-7H,2-3H3. The van der Waals surface area contributed by atoms with Crippen LogP contribution >= 0.6 is 11.3 Å². The molecule has 0 atom stereocenters. The van der Waals surface area contributed by atoms with Crippen LogP contribution in [0.4, 0.5) is 0 Å². The Balaban J connectivity index is 2.76. The summed E-state index contributed by atoms with van der Waals surface area (Å²) in [4.78, 5) is 11.0. The number of hydrogen-bond acceptors (Lipinski definition) is 3. The van der Waals surface area contributed by atoms with E-state index in [0.717, 1.165) is 6.29 Å². The van der Waals surface area contributed by atoms with Gasteiger partial charge in [0.15, 0.2) is 17.0 Å². The average Bonchev–Trinajstić information content (AvgIpc) is 2.52. The van der Waals surface area contributed by atoms with Gasteiger partial charge in [0, 0.05) is 0 Å². The highest BCUT2D eigenvalue weighted by Gasteiger charge is 2.16. The van der Waals surface area contributed by atoms with Crippen molar-refractivity contribution in [1.82, 2.24) is 0 Å². The van der Waals surface area contributed by atoms with Crippen molar-refractivity contribution in [2.45, 2.75) is 19.4 Å². The first-order chi connectivity index (χ1) is 6.07. The zero-order valence-electron chi connectivity index (χ0n) is 7.53. The molecule has 0 amide bonds. The molecule has 0 fully saturated rings. The third-order valence-electron chi connectivity index (χ3n) is 1.42. The summed E-state index contributed by atoms with van der Waals surface area (Å²) in [7, 11) is 0. The second-order valence-electron chi connectivity index (χ2n) is 3.03. The number of ether oxygens (including phenoxy) is 1. The molecule has 0 aliphatic heterocycles. The molecule has 2 nitrogen and oxygen atoms in total. The van der Waals surface area contributed by atoms with Crippen LogP contribution in [0.2, 0.25) is 0 Å². The molecule has 0 saturated heterocycles. The number of thiophene rings is 1. The Morgan fingerprint density at radius 2 is 2.31 bits per heavy atom. The smallest absolute Gasteiger partial charge is 0.176 e. The summed E-state index contributed by atoms with van der Waals surface area (Å²) in [6.45, 7) is 3.60. The van der Waals surface area contributed by atoms with Crippen LogP contribution in [0, 0.1) is 12.3 Å². The van der Waals surface area contributed by atoms with Crippen molar-refractivity contribution in [2.24, 2.45) is 0 Å². The first kappa shape index (κ1) is 9.82. The lowest BCUT2D eigenvalue weighted by molar-refractivity contribution is 0.112. The maximum atomic E-state index is 10.4. The van der Waals surface area contributed by atoms with Gasteiger partial charge < -0.3 is 4.74 Å². The molecule has 0 unspecified atom stereocenters. The summed E-state index contributed by atoms with van der Waals surface area (Å²) in [6, 6.07) is 3.45. The SMILES string of the molecule is C#CC(C)(C)Oc1ccc(C=O)s1. The molecule has 1 aromatic rings. The largest absolute Gasteiger partial charge is 0.466 e. The minimum atomic E-state index is -0.620. The molecule has 0 radical (unpaired) electrons. The molecule has 0 N–H and O–H groups in total. The van der Waals surface area contributed by atoms with Gasteiger partial charge in [-0.1, -0.05) is 17.3 Å². The van der Waals surface area contributed by atoms with E-state index in [1.54, 1.807) is 26.0 Å². The van der Waals surface area contributed by atoms with E-state index in [1.165, 1.54) is 11.3 Å². The van der Waals surface area contributed by atoms with Crippen LogP contribution in [-0.2, 0) is 0 Å². The van der Waals surface area contributed by atoms with Crippen molar-refractivity contribution in [3.8, 4) is 17.4 Å². The fraction of sp³-hybridized carbons (Fsp3) is 0.300. The number of rotatable bonds is 3. The topological polar surface area (TPSA) is 26.3 Å². The summed E-state index contributed by atoms with van der Waals surface area (Å²) in [5.41, 5.74) is -0.620. The summed E-state index contributed by atoms with van der Waals surface area (Å²) in [5, 5.41) is 0.671. The van der Waals surface area contributed by atoms with Crippen molar-refractivity contribution >= 4 is 17.6 Å². The van der Waals surface area contributed by atoms with Crippen LogP contribution in [0.3, 0.4) is 0 Å². The number of carbonyl (C=O) groups excluding carboxylic acids is 1. The first-order valence-corrected chi connectivity index (χ1v) is 4.61. The Labute approximate surface area is 81.5 Å². The van der Waals surface area contributed by atoms with Crippen LogP contribution in [0.25, 0.3) is 0 Å². The lowest BCUT2D eigenvalue weighted by atomic mass is 10.1. The van der Waals surface area contributed by atoms with Gasteiger partial charge in [0.2, 0.25) is 0 Å². The Kier molecular flexibility index (Phi) is 2.74. The van der Waals surface area contributed by atoms with Gasteiger partial charge in [-0.3, -0.25) is 4.79 Å². The van der Waals surface area contributed by atoms with E-state index in [0.29, 0.717) is 9.94 Å². The maximum Gasteiger partial charge on any atom is 0.176 e. The zero-order valence-corrected chi connectivity index (χ0v) is 8.35. The van der Waals surface area contributed by atoms with Crippen molar-refractivity contribution in [3.63, 3.8) is 0 Å². The number of terminal acetylenes is 1. The summed E-state index contributed by atoms with van der Waals surface area (Å²) in [6.07, 6.45) is 6.05. The van der Waals surface area contributed by atoms with Gasteiger partial charge in [0.1, 0.15) is 0 Å². The molecule has 0 spiro atoms. The van der Waals surface area contributed by atoms with E-state index in [2.05, 4.69) is 5.92 Å². The minimum absolute atomic E-state index is 0.620. The van der Waals surface area contributed by atoms with E-state index in [-0.39, 0.29) is 0 Å². The summed E-state index contributed by atoms with van der Waals surface area (Å²) in [5.74, 6) is 2.51. The Bertz CT molecular complexity index is 344. The van der Waals surface area contributed by atoms with Crippen molar-refractivity contribution < 1.29 is 9.53 Å². The molecule has 13 heavy (non-hydrogen) atoms. The van der Waals surface area contributed by atoms with E-state index < -0.39 is 5.60 Å².